The molecule has 0 radical (unpaired) electrons. The number of nitrogens with zero attached hydrogens (tertiary/aromatic N) is 1. The van der Waals surface area contributed by atoms with Crippen molar-refractivity contribution in [1.29, 1.82) is 5.26 Å². The number of hydrogen-bond acceptors (Lipinski definition) is 5. The number of rotatable bonds is 2. The maximum absolute atomic E-state index is 11.4. The third kappa shape index (κ3) is 2.31. The predicted octanol–water partition coefficient (Wildman–Crippen LogP) is 1.56. The minimum absolute atomic E-state index is 0.0413. The van der Waals surface area contributed by atoms with E-state index in [1.807, 2.05) is 0 Å². The predicted molar refractivity (Wildman–Crippen MR) is 60.9 cm³/mol. The van der Waals surface area contributed by atoms with Gasteiger partial charge in [-0.3, -0.25) is 0 Å². The highest BCUT2D eigenvalue weighted by atomic mass is 16.5. The summed E-state index contributed by atoms with van der Waals surface area (Å²) in [6.07, 6.45) is 0.363. The highest BCUT2D eigenvalue weighted by Crippen LogP contribution is 2.30. The van der Waals surface area contributed by atoms with Crippen LogP contribution in [-0.4, -0.2) is 25.7 Å². The maximum Gasteiger partial charge on any atom is 0.337 e. The lowest BCUT2D eigenvalue weighted by atomic mass is 10.1. The Bertz CT molecular complexity index is 479. The van der Waals surface area contributed by atoms with Gasteiger partial charge in [0.2, 0.25) is 0 Å². The first kappa shape index (κ1) is 11.3. The molecule has 1 aliphatic rings. The van der Waals surface area contributed by atoms with Crippen LogP contribution in [0.4, 0.5) is 5.69 Å². The topological polar surface area (TPSA) is 71.3 Å². The van der Waals surface area contributed by atoms with E-state index in [4.69, 9.17) is 10.00 Å². The largest absolute Gasteiger partial charge is 0.489 e. The minimum Gasteiger partial charge on any atom is -0.489 e. The molecule has 1 N–H and O–H groups in total. The smallest absolute Gasteiger partial charge is 0.337 e. The standard InChI is InChI=1S/C12H12N2O3/c1-16-12(15)8-2-3-11-10(6-8)14-9(4-5-13)7-17-11/h2-3,6,9,14H,4,7H2,1H3. The Morgan fingerprint density at radius 1 is 1.71 bits per heavy atom. The van der Waals surface area contributed by atoms with Crippen LogP contribution in [0, 0.1) is 11.3 Å². The van der Waals surface area contributed by atoms with Gasteiger partial charge in [-0.2, -0.15) is 5.26 Å². The average molecular weight is 232 g/mol. The number of anilines is 1. The summed E-state index contributed by atoms with van der Waals surface area (Å²) in [7, 11) is 1.34. The zero-order chi connectivity index (χ0) is 12.3. The number of nitriles is 1. The first-order valence-electron chi connectivity index (χ1n) is 5.23. The Balaban J connectivity index is 2.23. The van der Waals surface area contributed by atoms with Gasteiger partial charge in [-0.05, 0) is 18.2 Å². The molecule has 0 aliphatic carbocycles. The van der Waals surface area contributed by atoms with Crippen molar-refractivity contribution >= 4 is 11.7 Å². The van der Waals surface area contributed by atoms with E-state index in [9.17, 15) is 4.79 Å². The van der Waals surface area contributed by atoms with E-state index >= 15 is 0 Å². The van der Waals surface area contributed by atoms with E-state index in [-0.39, 0.29) is 6.04 Å². The second-order valence-corrected chi connectivity index (χ2v) is 3.72. The molecule has 1 aliphatic heterocycles. The second kappa shape index (κ2) is 4.74. The van der Waals surface area contributed by atoms with Gasteiger partial charge in [0, 0.05) is 0 Å². The Labute approximate surface area is 98.9 Å². The average Bonchev–Trinajstić information content (AvgIpc) is 2.37. The van der Waals surface area contributed by atoms with Crippen molar-refractivity contribution in [2.45, 2.75) is 12.5 Å². The molecule has 5 nitrogen and oxygen atoms in total. The number of methoxy groups -OCH3 is 1. The van der Waals surface area contributed by atoms with Crippen LogP contribution in [-0.2, 0) is 4.74 Å². The van der Waals surface area contributed by atoms with Gasteiger partial charge in [0.05, 0.1) is 36.9 Å². The fourth-order valence-electron chi connectivity index (χ4n) is 1.69. The van der Waals surface area contributed by atoms with Crippen molar-refractivity contribution < 1.29 is 14.3 Å². The lowest BCUT2D eigenvalue weighted by Gasteiger charge is -2.26. The Morgan fingerprint density at radius 3 is 3.24 bits per heavy atom. The Kier molecular flexibility index (Phi) is 3.15. The van der Waals surface area contributed by atoms with Crippen LogP contribution in [0.25, 0.3) is 0 Å². The van der Waals surface area contributed by atoms with Crippen molar-refractivity contribution in [3.05, 3.63) is 23.8 Å². The number of hydrogen-bond donors (Lipinski definition) is 1. The number of carbonyl (C=O) groups excluding carboxylic acids is 1. The Hall–Kier alpha value is -2.22. The summed E-state index contributed by atoms with van der Waals surface area (Å²) >= 11 is 0. The normalized spacial score (nSPS) is 17.1. The van der Waals surface area contributed by atoms with E-state index in [0.29, 0.717) is 24.3 Å². The quantitative estimate of drug-likeness (QED) is 0.783. The highest BCUT2D eigenvalue weighted by Gasteiger charge is 2.20. The van der Waals surface area contributed by atoms with E-state index in [0.717, 1.165) is 5.69 Å². The van der Waals surface area contributed by atoms with Crippen LogP contribution in [0.15, 0.2) is 18.2 Å². The van der Waals surface area contributed by atoms with Gasteiger partial charge in [-0.1, -0.05) is 0 Å². The number of esters is 1. The van der Waals surface area contributed by atoms with E-state index < -0.39 is 5.97 Å². The number of carbonyl (C=O) groups is 1. The van der Waals surface area contributed by atoms with Gasteiger partial charge in [0.1, 0.15) is 12.4 Å². The second-order valence-electron chi connectivity index (χ2n) is 3.72. The van der Waals surface area contributed by atoms with Gasteiger partial charge in [-0.15, -0.1) is 0 Å². The first-order chi connectivity index (χ1) is 8.24. The van der Waals surface area contributed by atoms with Gasteiger partial charge >= 0.3 is 5.97 Å². The fourth-order valence-corrected chi connectivity index (χ4v) is 1.69. The molecule has 1 heterocycles. The molecule has 0 aromatic heterocycles. The van der Waals surface area contributed by atoms with Gasteiger partial charge < -0.3 is 14.8 Å². The molecule has 1 unspecified atom stereocenters. The molecular weight excluding hydrogens is 220 g/mol. The van der Waals surface area contributed by atoms with Crippen LogP contribution >= 0.6 is 0 Å². The molecule has 0 spiro atoms. The van der Waals surface area contributed by atoms with Crippen LogP contribution < -0.4 is 10.1 Å². The van der Waals surface area contributed by atoms with Gasteiger partial charge in [-0.25, -0.2) is 4.79 Å². The van der Waals surface area contributed by atoms with Crippen LogP contribution in [0.3, 0.4) is 0 Å². The third-order valence-electron chi connectivity index (χ3n) is 2.54. The monoisotopic (exact) mass is 232 g/mol. The number of benzene rings is 1. The Morgan fingerprint density at radius 2 is 2.53 bits per heavy atom. The van der Waals surface area contributed by atoms with E-state index in [2.05, 4.69) is 16.1 Å². The van der Waals surface area contributed by atoms with Crippen LogP contribution in [0.2, 0.25) is 0 Å². The molecule has 0 amide bonds. The maximum atomic E-state index is 11.4. The number of ether oxygens (including phenoxy) is 2. The lowest BCUT2D eigenvalue weighted by molar-refractivity contribution is 0.0600. The van der Waals surface area contributed by atoms with Crippen molar-refractivity contribution in [1.82, 2.24) is 0 Å². The molecule has 0 fully saturated rings. The summed E-state index contributed by atoms with van der Waals surface area (Å²) in [6, 6.07) is 7.08. The van der Waals surface area contributed by atoms with Crippen molar-refractivity contribution in [2.75, 3.05) is 19.0 Å². The number of nitrogens with one attached hydrogen (secondary N) is 1. The first-order valence-corrected chi connectivity index (χ1v) is 5.23. The molecule has 1 atom stereocenters. The number of fused-ring (bicyclic) bond motifs is 1. The SMILES string of the molecule is COC(=O)c1ccc2c(c1)NC(CC#N)CO2. The molecule has 5 heteroatoms. The molecule has 2 rings (SSSR count). The highest BCUT2D eigenvalue weighted by molar-refractivity contribution is 5.91. The third-order valence-corrected chi connectivity index (χ3v) is 2.54. The summed E-state index contributed by atoms with van der Waals surface area (Å²) in [5.74, 6) is 0.295. The summed E-state index contributed by atoms with van der Waals surface area (Å²) in [6.45, 7) is 0.456. The molecular formula is C12H12N2O3. The van der Waals surface area contributed by atoms with Crippen molar-refractivity contribution in [2.24, 2.45) is 0 Å². The molecule has 17 heavy (non-hydrogen) atoms. The summed E-state index contributed by atoms with van der Waals surface area (Å²) < 4.78 is 10.1. The summed E-state index contributed by atoms with van der Waals surface area (Å²) in [5.41, 5.74) is 1.18. The molecule has 0 bridgehead atoms. The van der Waals surface area contributed by atoms with Crippen LogP contribution in [0.1, 0.15) is 16.8 Å². The fraction of sp³-hybridized carbons (Fsp3) is 0.333. The molecule has 0 saturated carbocycles. The lowest BCUT2D eigenvalue weighted by Crippen LogP contribution is -2.31. The molecule has 1 aromatic rings. The van der Waals surface area contributed by atoms with Crippen molar-refractivity contribution in [3.63, 3.8) is 0 Å². The minimum atomic E-state index is -0.392. The van der Waals surface area contributed by atoms with Gasteiger partial charge in [0.25, 0.3) is 0 Å². The summed E-state index contributed by atoms with van der Waals surface area (Å²) in [4.78, 5) is 11.4. The summed E-state index contributed by atoms with van der Waals surface area (Å²) in [5, 5.41) is 11.8. The molecule has 1 aromatic carbocycles. The van der Waals surface area contributed by atoms with E-state index in [1.54, 1.807) is 18.2 Å². The molecule has 0 saturated heterocycles. The van der Waals surface area contributed by atoms with Crippen LogP contribution in [0.5, 0.6) is 5.75 Å². The van der Waals surface area contributed by atoms with Crippen molar-refractivity contribution in [3.8, 4) is 11.8 Å². The zero-order valence-electron chi connectivity index (χ0n) is 9.40. The van der Waals surface area contributed by atoms with E-state index in [1.165, 1.54) is 7.11 Å². The zero-order valence-corrected chi connectivity index (χ0v) is 9.40. The molecule has 88 valence electrons. The van der Waals surface area contributed by atoms with Gasteiger partial charge in [0.15, 0.2) is 0 Å².